The maximum absolute atomic E-state index is 13.0. The smallest absolute Gasteiger partial charge is 0.235 e. The van der Waals surface area contributed by atoms with E-state index in [0.29, 0.717) is 29.9 Å². The van der Waals surface area contributed by atoms with Crippen molar-refractivity contribution in [3.8, 4) is 0 Å². The van der Waals surface area contributed by atoms with Gasteiger partial charge >= 0.3 is 0 Å². The molecule has 0 bridgehead atoms. The summed E-state index contributed by atoms with van der Waals surface area (Å²) in [6.45, 7) is 0.296. The highest BCUT2D eigenvalue weighted by Gasteiger charge is 2.29. The largest absolute Gasteiger partial charge is 0.423 e. The second-order valence-electron chi connectivity index (χ2n) is 4.41. The molecule has 0 spiro atoms. The Bertz CT molecular complexity index is 590. The molecule has 0 atom stereocenters. The lowest BCUT2D eigenvalue weighted by Gasteiger charge is -2.08. The van der Waals surface area contributed by atoms with Gasteiger partial charge in [0.2, 0.25) is 11.8 Å². The van der Waals surface area contributed by atoms with Crippen LogP contribution in [0.1, 0.15) is 30.5 Å². The average Bonchev–Trinajstić information content (AvgIpc) is 3.08. The highest BCUT2D eigenvalue weighted by atomic mass is 35.5. The molecule has 2 aromatic rings. The minimum atomic E-state index is -0.477. The van der Waals surface area contributed by atoms with Gasteiger partial charge in [-0.05, 0) is 25.0 Å². The first-order chi connectivity index (χ1) is 9.13. The van der Waals surface area contributed by atoms with Crippen LogP contribution in [0.3, 0.4) is 0 Å². The fraction of sp³-hybridized carbons (Fsp3) is 0.333. The van der Waals surface area contributed by atoms with Crippen LogP contribution in [0.15, 0.2) is 16.5 Å². The van der Waals surface area contributed by atoms with E-state index in [1.54, 1.807) is 0 Å². The Hall–Kier alpha value is -1.33. The van der Waals surface area contributed by atoms with E-state index in [-0.39, 0.29) is 10.0 Å². The minimum Gasteiger partial charge on any atom is -0.423 e. The van der Waals surface area contributed by atoms with Gasteiger partial charge in [0, 0.05) is 5.92 Å². The van der Waals surface area contributed by atoms with Gasteiger partial charge in [0.25, 0.3) is 0 Å². The van der Waals surface area contributed by atoms with Crippen LogP contribution < -0.4 is 5.32 Å². The average molecular weight is 302 g/mol. The van der Waals surface area contributed by atoms with Crippen LogP contribution in [0.25, 0.3) is 0 Å². The molecule has 19 heavy (non-hydrogen) atoms. The lowest BCUT2D eigenvalue weighted by molar-refractivity contribution is 0.457. The summed E-state index contributed by atoms with van der Waals surface area (Å²) in [6, 6.07) is 2.39. The van der Waals surface area contributed by atoms with Crippen molar-refractivity contribution in [1.82, 2.24) is 10.2 Å². The third kappa shape index (κ3) is 2.82. The molecule has 3 rings (SSSR count). The van der Waals surface area contributed by atoms with Crippen LogP contribution in [0, 0.1) is 5.82 Å². The fourth-order valence-electron chi connectivity index (χ4n) is 1.71. The summed E-state index contributed by atoms with van der Waals surface area (Å²) in [4.78, 5) is 0. The van der Waals surface area contributed by atoms with E-state index in [2.05, 4.69) is 15.5 Å². The zero-order valence-electron chi connectivity index (χ0n) is 9.79. The Morgan fingerprint density at radius 3 is 2.58 bits per heavy atom. The van der Waals surface area contributed by atoms with Crippen molar-refractivity contribution in [2.45, 2.75) is 25.3 Å². The fourth-order valence-corrected chi connectivity index (χ4v) is 2.30. The summed E-state index contributed by atoms with van der Waals surface area (Å²) in [6.07, 6.45) is 2.20. The van der Waals surface area contributed by atoms with Gasteiger partial charge in [0.1, 0.15) is 5.82 Å². The molecular formula is C12H10Cl2FN3O. The molecule has 0 radical (unpaired) electrons. The number of benzene rings is 1. The molecule has 0 unspecified atom stereocenters. The van der Waals surface area contributed by atoms with Crippen molar-refractivity contribution >= 4 is 28.9 Å². The first-order valence-electron chi connectivity index (χ1n) is 5.84. The summed E-state index contributed by atoms with van der Waals surface area (Å²) in [7, 11) is 0. The van der Waals surface area contributed by atoms with Crippen LogP contribution in [-0.4, -0.2) is 10.2 Å². The molecule has 1 aromatic carbocycles. The maximum atomic E-state index is 13.0. The zero-order chi connectivity index (χ0) is 13.4. The van der Waals surface area contributed by atoms with E-state index in [1.165, 1.54) is 12.1 Å². The van der Waals surface area contributed by atoms with E-state index in [0.717, 1.165) is 12.8 Å². The van der Waals surface area contributed by atoms with Gasteiger partial charge in [-0.1, -0.05) is 23.2 Å². The third-order valence-corrected chi connectivity index (χ3v) is 3.43. The van der Waals surface area contributed by atoms with Gasteiger partial charge in [-0.3, -0.25) is 0 Å². The molecule has 0 saturated heterocycles. The number of anilines is 1. The molecule has 1 heterocycles. The molecule has 1 aliphatic rings. The van der Waals surface area contributed by atoms with E-state index in [4.69, 9.17) is 27.6 Å². The molecule has 0 aliphatic heterocycles. The van der Waals surface area contributed by atoms with E-state index < -0.39 is 5.82 Å². The third-order valence-electron chi connectivity index (χ3n) is 2.83. The predicted molar refractivity (Wildman–Crippen MR) is 70.0 cm³/mol. The lowest BCUT2D eigenvalue weighted by atomic mass is 10.3. The van der Waals surface area contributed by atoms with Crippen LogP contribution in [0.4, 0.5) is 10.1 Å². The Balaban J connectivity index is 1.71. The topological polar surface area (TPSA) is 51.0 Å². The molecule has 4 nitrogen and oxygen atoms in total. The Morgan fingerprint density at radius 2 is 1.95 bits per heavy atom. The van der Waals surface area contributed by atoms with Crippen molar-refractivity contribution in [3.05, 3.63) is 39.8 Å². The second-order valence-corrected chi connectivity index (χ2v) is 5.22. The van der Waals surface area contributed by atoms with Crippen molar-refractivity contribution in [2.75, 3.05) is 5.32 Å². The first kappa shape index (κ1) is 12.7. The van der Waals surface area contributed by atoms with Crippen molar-refractivity contribution < 1.29 is 8.81 Å². The minimum absolute atomic E-state index is 0.215. The van der Waals surface area contributed by atoms with E-state index >= 15 is 0 Å². The van der Waals surface area contributed by atoms with Gasteiger partial charge in [-0.15, -0.1) is 10.2 Å². The maximum Gasteiger partial charge on any atom is 0.235 e. The number of aromatic nitrogens is 2. The van der Waals surface area contributed by atoms with Gasteiger partial charge in [0.15, 0.2) is 0 Å². The Labute approximate surface area is 118 Å². The number of rotatable bonds is 4. The number of hydrogen-bond donors (Lipinski definition) is 1. The number of nitrogens with zero attached hydrogens (tertiary/aromatic N) is 2. The molecule has 1 saturated carbocycles. The molecule has 1 aromatic heterocycles. The number of nitrogens with one attached hydrogen (secondary N) is 1. The van der Waals surface area contributed by atoms with Crippen LogP contribution in [0.2, 0.25) is 10.0 Å². The second kappa shape index (κ2) is 4.98. The standard InChI is InChI=1S/C12H10Cl2FN3O/c13-8-3-7(15)4-9(14)11(8)16-5-10-17-18-12(19-10)6-1-2-6/h3-4,6,16H,1-2,5H2. The summed E-state index contributed by atoms with van der Waals surface area (Å²) < 4.78 is 18.5. The number of hydrogen-bond acceptors (Lipinski definition) is 4. The van der Waals surface area contributed by atoms with Gasteiger partial charge in [-0.25, -0.2) is 4.39 Å². The Kier molecular flexibility index (Phi) is 3.33. The van der Waals surface area contributed by atoms with Gasteiger partial charge < -0.3 is 9.73 Å². The lowest BCUT2D eigenvalue weighted by Crippen LogP contribution is -2.01. The summed E-state index contributed by atoms with van der Waals surface area (Å²) >= 11 is 11.8. The number of halogens is 3. The zero-order valence-corrected chi connectivity index (χ0v) is 11.3. The summed E-state index contributed by atoms with van der Waals surface area (Å²) in [5.41, 5.74) is 0.455. The molecule has 100 valence electrons. The first-order valence-corrected chi connectivity index (χ1v) is 6.60. The summed E-state index contributed by atoms with van der Waals surface area (Å²) in [5.74, 6) is 1.07. The quantitative estimate of drug-likeness (QED) is 0.927. The normalized spacial score (nSPS) is 14.7. The van der Waals surface area contributed by atoms with Crippen molar-refractivity contribution in [2.24, 2.45) is 0 Å². The van der Waals surface area contributed by atoms with E-state index in [1.807, 2.05) is 0 Å². The molecular weight excluding hydrogens is 292 g/mol. The molecule has 1 N–H and O–H groups in total. The SMILES string of the molecule is Fc1cc(Cl)c(NCc2nnc(C3CC3)o2)c(Cl)c1. The molecule has 7 heteroatoms. The predicted octanol–water partition coefficient (Wildman–Crippen LogP) is 4.01. The highest BCUT2D eigenvalue weighted by molar-refractivity contribution is 6.39. The van der Waals surface area contributed by atoms with Crippen LogP contribution in [-0.2, 0) is 6.54 Å². The molecule has 1 fully saturated rings. The monoisotopic (exact) mass is 301 g/mol. The highest BCUT2D eigenvalue weighted by Crippen LogP contribution is 2.39. The van der Waals surface area contributed by atoms with E-state index in [9.17, 15) is 4.39 Å². The molecule has 0 amide bonds. The summed E-state index contributed by atoms with van der Waals surface area (Å²) in [5, 5.41) is 11.3. The van der Waals surface area contributed by atoms with Crippen molar-refractivity contribution in [1.29, 1.82) is 0 Å². The molecule has 1 aliphatic carbocycles. The van der Waals surface area contributed by atoms with Gasteiger partial charge in [0.05, 0.1) is 22.3 Å². The van der Waals surface area contributed by atoms with Crippen LogP contribution in [0.5, 0.6) is 0 Å². The Morgan fingerprint density at radius 1 is 1.26 bits per heavy atom. The van der Waals surface area contributed by atoms with Gasteiger partial charge in [-0.2, -0.15) is 0 Å². The van der Waals surface area contributed by atoms with Crippen LogP contribution >= 0.6 is 23.2 Å². The van der Waals surface area contributed by atoms with Crippen molar-refractivity contribution in [3.63, 3.8) is 0 Å².